The Morgan fingerprint density at radius 3 is 1.32 bits per heavy atom. The molecule has 0 bridgehead atoms. The fourth-order valence-corrected chi connectivity index (χ4v) is 14.3. The maximum absolute atomic E-state index is 15.1. The van der Waals surface area contributed by atoms with Crippen LogP contribution < -0.4 is 21.2 Å². The first-order valence-corrected chi connectivity index (χ1v) is 18.3. The van der Waals surface area contributed by atoms with Gasteiger partial charge in [-0.1, -0.05) is 0 Å². The summed E-state index contributed by atoms with van der Waals surface area (Å²) in [5, 5.41) is 20.7. The Bertz CT molecular complexity index is 1770. The number of carbonyl (C=O) groups is 2. The average molecular weight is 673 g/mol. The van der Waals surface area contributed by atoms with Crippen LogP contribution in [0, 0.1) is 0 Å². The fraction of sp³-hybridized carbons (Fsp3) is 0.111. The Hall–Kier alpha value is -4.70. The summed E-state index contributed by atoms with van der Waals surface area (Å²) in [6.07, 6.45) is 0. The van der Waals surface area contributed by atoms with Gasteiger partial charge in [-0.15, -0.1) is 0 Å². The first kappa shape index (κ1) is 33.7. The molecule has 0 aliphatic heterocycles. The van der Waals surface area contributed by atoms with Crippen molar-refractivity contribution >= 4 is 50.1 Å². The standard InChI is InChI=1S/C36H33O9PS/c37-23-25-43-35(39)28-21-22-33(36(40)44-26-24-38)34(27-28)47(41,42)45-46(29-13-5-1-6-14-29,30-15-7-2-8-16-30,31-17-9-3-10-18-31)32-19-11-4-12-20-32/h1-22,27,37-38H,23-26H2. The summed E-state index contributed by atoms with van der Waals surface area (Å²) in [5.41, 5.74) is -0.602. The molecule has 0 saturated carbocycles. The molecular weight excluding hydrogens is 639 g/mol. The van der Waals surface area contributed by atoms with Crippen molar-refractivity contribution in [3.05, 3.63) is 151 Å². The molecular formula is C36H33O9PS. The number of aliphatic hydroxyl groups is 2. The van der Waals surface area contributed by atoms with E-state index in [9.17, 15) is 14.7 Å². The Balaban J connectivity index is 1.91. The molecule has 0 aliphatic carbocycles. The van der Waals surface area contributed by atoms with Crippen LogP contribution in [0.25, 0.3) is 0 Å². The summed E-state index contributed by atoms with van der Waals surface area (Å²) in [6.45, 7) is -6.43. The van der Waals surface area contributed by atoms with Gasteiger partial charge < -0.3 is 0 Å². The van der Waals surface area contributed by atoms with Crippen molar-refractivity contribution in [2.45, 2.75) is 4.90 Å². The quantitative estimate of drug-likeness (QED) is 0.142. The van der Waals surface area contributed by atoms with Crippen molar-refractivity contribution in [3.63, 3.8) is 0 Å². The second-order valence-corrected chi connectivity index (χ2v) is 16.4. The summed E-state index contributed by atoms with van der Waals surface area (Å²) < 4.78 is 47.3. The zero-order chi connectivity index (χ0) is 33.4. The number of aliphatic hydroxyl groups excluding tert-OH is 2. The maximum atomic E-state index is 15.1. The number of hydrogen-bond donors (Lipinski definition) is 2. The van der Waals surface area contributed by atoms with Crippen LogP contribution in [0.15, 0.2) is 144 Å². The van der Waals surface area contributed by atoms with Crippen LogP contribution in [0.4, 0.5) is 0 Å². The van der Waals surface area contributed by atoms with Gasteiger partial charge in [-0.25, -0.2) is 0 Å². The molecule has 2 N–H and O–H groups in total. The van der Waals surface area contributed by atoms with E-state index in [4.69, 9.17) is 18.6 Å². The minimum atomic E-state index is -5.01. The van der Waals surface area contributed by atoms with Gasteiger partial charge in [0, 0.05) is 0 Å². The number of ether oxygens (including phenoxy) is 2. The first-order chi connectivity index (χ1) is 22.8. The summed E-state index contributed by atoms with van der Waals surface area (Å²) >= 11 is 0. The second-order valence-electron chi connectivity index (χ2n) is 10.3. The predicted molar refractivity (Wildman–Crippen MR) is 181 cm³/mol. The first-order valence-electron chi connectivity index (χ1n) is 14.7. The zero-order valence-electron chi connectivity index (χ0n) is 25.2. The fourth-order valence-electron chi connectivity index (χ4n) is 5.62. The van der Waals surface area contributed by atoms with Gasteiger partial charge in [0.2, 0.25) is 0 Å². The van der Waals surface area contributed by atoms with E-state index >= 15 is 8.42 Å². The molecule has 11 heteroatoms. The molecule has 0 unspecified atom stereocenters. The van der Waals surface area contributed by atoms with Gasteiger partial charge in [-0.05, 0) is 0 Å². The van der Waals surface area contributed by atoms with Gasteiger partial charge in [-0.3, -0.25) is 0 Å². The predicted octanol–water partition coefficient (Wildman–Crippen LogP) is 3.46. The van der Waals surface area contributed by atoms with E-state index in [-0.39, 0.29) is 18.8 Å². The molecule has 47 heavy (non-hydrogen) atoms. The van der Waals surface area contributed by atoms with Gasteiger partial charge in [-0.2, -0.15) is 0 Å². The van der Waals surface area contributed by atoms with E-state index in [1.165, 1.54) is 6.07 Å². The van der Waals surface area contributed by atoms with Crippen molar-refractivity contribution in [1.29, 1.82) is 0 Å². The summed E-state index contributed by atoms with van der Waals surface area (Å²) in [6, 6.07) is 39.6. The van der Waals surface area contributed by atoms with Crippen LogP contribution >= 0.6 is 6.83 Å². The van der Waals surface area contributed by atoms with Crippen molar-refractivity contribution in [1.82, 2.24) is 0 Å². The molecule has 0 fully saturated rings. The van der Waals surface area contributed by atoms with Gasteiger partial charge in [0.05, 0.1) is 0 Å². The van der Waals surface area contributed by atoms with Crippen molar-refractivity contribution < 1.29 is 41.7 Å². The number of hydrogen-bond acceptors (Lipinski definition) is 9. The van der Waals surface area contributed by atoms with Gasteiger partial charge in [0.25, 0.3) is 0 Å². The van der Waals surface area contributed by atoms with Crippen molar-refractivity contribution in [2.24, 2.45) is 0 Å². The number of esters is 2. The SMILES string of the molecule is O=C(OCCO)c1ccc(C(=O)OCCO)c(S(=O)(=O)OP(c2ccccc2)(c2ccccc2)(c2ccccc2)c2ccccc2)c1. The van der Waals surface area contributed by atoms with Gasteiger partial charge >= 0.3 is 274 Å². The summed E-state index contributed by atoms with van der Waals surface area (Å²) in [7, 11) is -5.01. The topological polar surface area (TPSA) is 136 Å². The average Bonchev–Trinajstić information content (AvgIpc) is 3.13. The van der Waals surface area contributed by atoms with Crippen molar-refractivity contribution in [3.8, 4) is 0 Å². The number of rotatable bonds is 13. The Morgan fingerprint density at radius 2 is 0.936 bits per heavy atom. The molecule has 9 nitrogen and oxygen atoms in total. The van der Waals surface area contributed by atoms with Crippen LogP contribution in [0.3, 0.4) is 0 Å². The van der Waals surface area contributed by atoms with Gasteiger partial charge in [0.15, 0.2) is 0 Å². The third-order valence-corrected chi connectivity index (χ3v) is 15.6. The molecule has 0 aromatic heterocycles. The molecule has 0 saturated heterocycles. The molecule has 5 aromatic rings. The number of benzene rings is 5. The number of carbonyl (C=O) groups excluding carboxylic acids is 2. The van der Waals surface area contributed by atoms with Crippen LogP contribution in [0.5, 0.6) is 0 Å². The molecule has 5 aromatic carbocycles. The van der Waals surface area contributed by atoms with Crippen LogP contribution in [-0.2, 0) is 23.6 Å². The van der Waals surface area contributed by atoms with E-state index in [2.05, 4.69) is 0 Å². The molecule has 0 aliphatic rings. The Kier molecular flexibility index (Phi) is 10.3. The molecule has 242 valence electrons. The molecule has 5 rings (SSSR count). The van der Waals surface area contributed by atoms with E-state index in [0.717, 1.165) is 12.1 Å². The summed E-state index contributed by atoms with van der Waals surface area (Å²) in [5.74, 6) is -1.96. The molecule has 0 atom stereocenters. The third-order valence-electron chi connectivity index (χ3n) is 7.60. The van der Waals surface area contributed by atoms with Crippen LogP contribution in [-0.4, -0.2) is 57.0 Å². The monoisotopic (exact) mass is 672 g/mol. The zero-order valence-corrected chi connectivity index (χ0v) is 26.9. The van der Waals surface area contributed by atoms with E-state index in [0.29, 0.717) is 21.2 Å². The minimum absolute atomic E-state index is 0.196. The molecule has 0 heterocycles. The Labute approximate surface area is 273 Å². The molecule has 0 spiro atoms. The van der Waals surface area contributed by atoms with E-state index in [1.807, 2.05) is 72.8 Å². The third kappa shape index (κ3) is 6.22. The Morgan fingerprint density at radius 1 is 0.553 bits per heavy atom. The van der Waals surface area contributed by atoms with E-state index < -0.39 is 52.6 Å². The molecule has 0 amide bonds. The summed E-state index contributed by atoms with van der Waals surface area (Å²) in [4.78, 5) is 25.5. The van der Waals surface area contributed by atoms with Gasteiger partial charge in [0.1, 0.15) is 0 Å². The molecule has 0 radical (unpaired) electrons. The van der Waals surface area contributed by atoms with Crippen LogP contribution in [0.1, 0.15) is 20.7 Å². The van der Waals surface area contributed by atoms with Crippen molar-refractivity contribution in [2.75, 3.05) is 26.4 Å². The van der Waals surface area contributed by atoms with E-state index in [1.54, 1.807) is 48.5 Å². The second kappa shape index (κ2) is 14.4. The normalized spacial score (nSPS) is 12.4. The van der Waals surface area contributed by atoms with Crippen LogP contribution in [0.2, 0.25) is 0 Å².